The number of nitrogens with zero attached hydrogens (tertiary/aromatic N) is 3. The van der Waals surface area contributed by atoms with Gasteiger partial charge in [0, 0.05) is 0 Å². The van der Waals surface area contributed by atoms with E-state index in [1.807, 2.05) is 76.2 Å². The maximum atomic E-state index is 5.73. The standard InChI is InChI=1S/C21H27N5O2/c1-15(2)27-19-9-5-17(6-10-19)13-23-25-21(22)26-24-14-18-7-11-20(12-8-18)28-16(3)4/h5-16H,1-4H3,(H3,22,25,26). The average Bonchev–Trinajstić information content (AvgIpc) is 2.64. The smallest absolute Gasteiger partial charge is 0.234 e. The maximum Gasteiger partial charge on any atom is 0.234 e. The molecule has 0 aliphatic carbocycles. The summed E-state index contributed by atoms with van der Waals surface area (Å²) < 4.78 is 11.2. The molecule has 7 nitrogen and oxygen atoms in total. The van der Waals surface area contributed by atoms with Gasteiger partial charge in [0.25, 0.3) is 0 Å². The Morgan fingerprint density at radius 1 is 0.821 bits per heavy atom. The van der Waals surface area contributed by atoms with Crippen molar-refractivity contribution in [1.29, 1.82) is 0 Å². The normalized spacial score (nSPS) is 12.3. The second-order valence-corrected chi connectivity index (χ2v) is 6.57. The minimum atomic E-state index is 0.0898. The van der Waals surface area contributed by atoms with Crippen molar-refractivity contribution in [2.45, 2.75) is 39.9 Å². The Labute approximate surface area is 166 Å². The molecule has 28 heavy (non-hydrogen) atoms. The number of guanidine groups is 1. The summed E-state index contributed by atoms with van der Waals surface area (Å²) in [6.45, 7) is 7.94. The number of hydrazone groups is 1. The van der Waals surface area contributed by atoms with E-state index in [1.54, 1.807) is 12.4 Å². The third-order valence-electron chi connectivity index (χ3n) is 3.27. The van der Waals surface area contributed by atoms with E-state index < -0.39 is 0 Å². The zero-order valence-electron chi connectivity index (χ0n) is 16.7. The van der Waals surface area contributed by atoms with Crippen molar-refractivity contribution in [1.82, 2.24) is 5.43 Å². The van der Waals surface area contributed by atoms with E-state index in [0.717, 1.165) is 22.6 Å². The highest BCUT2D eigenvalue weighted by molar-refractivity contribution is 5.84. The van der Waals surface area contributed by atoms with Crippen LogP contribution in [0.5, 0.6) is 11.5 Å². The molecule has 2 rings (SSSR count). The molecular weight excluding hydrogens is 354 g/mol. The summed E-state index contributed by atoms with van der Waals surface area (Å²) in [6, 6.07) is 15.1. The molecule has 0 saturated carbocycles. The molecular formula is C21H27N5O2. The second-order valence-electron chi connectivity index (χ2n) is 6.57. The van der Waals surface area contributed by atoms with Gasteiger partial charge in [-0.15, -0.1) is 5.10 Å². The summed E-state index contributed by atoms with van der Waals surface area (Å²) in [4.78, 5) is 0. The van der Waals surface area contributed by atoms with Crippen LogP contribution < -0.4 is 20.6 Å². The monoisotopic (exact) mass is 381 g/mol. The SMILES string of the molecule is CC(C)Oc1ccc(C=NN=C(N)NN=Cc2ccc(OC(C)C)cc2)cc1. The van der Waals surface area contributed by atoms with Gasteiger partial charge in [-0.1, -0.05) is 0 Å². The van der Waals surface area contributed by atoms with Gasteiger partial charge in [0.1, 0.15) is 11.5 Å². The van der Waals surface area contributed by atoms with Crippen LogP contribution in [0.25, 0.3) is 0 Å². The topological polar surface area (TPSA) is 93.6 Å². The van der Waals surface area contributed by atoms with Crippen molar-refractivity contribution in [2.24, 2.45) is 21.0 Å². The number of nitrogens with one attached hydrogen (secondary N) is 1. The number of ether oxygens (including phenoxy) is 2. The third-order valence-corrected chi connectivity index (χ3v) is 3.27. The Morgan fingerprint density at radius 2 is 1.29 bits per heavy atom. The van der Waals surface area contributed by atoms with E-state index in [2.05, 4.69) is 20.7 Å². The number of rotatable bonds is 8. The zero-order chi connectivity index (χ0) is 20.4. The first kappa shape index (κ1) is 21.0. The van der Waals surface area contributed by atoms with E-state index in [0.29, 0.717) is 0 Å². The van der Waals surface area contributed by atoms with Crippen molar-refractivity contribution in [3.05, 3.63) is 59.7 Å². The summed E-state index contributed by atoms with van der Waals surface area (Å²) in [5.74, 6) is 1.72. The fourth-order valence-corrected chi connectivity index (χ4v) is 2.16. The molecule has 148 valence electrons. The largest absolute Gasteiger partial charge is 0.491 e. The summed E-state index contributed by atoms with van der Waals surface area (Å²) in [5.41, 5.74) is 10.2. The number of hydrogen-bond acceptors (Lipinski definition) is 5. The van der Waals surface area contributed by atoms with Crippen molar-refractivity contribution in [3.8, 4) is 11.5 Å². The van der Waals surface area contributed by atoms with Gasteiger partial charge in [0.15, 0.2) is 0 Å². The molecule has 0 heterocycles. The Morgan fingerprint density at radius 3 is 1.75 bits per heavy atom. The summed E-state index contributed by atoms with van der Waals surface area (Å²) in [5, 5.41) is 11.8. The molecule has 0 amide bonds. The quantitative estimate of drug-likeness (QED) is 0.415. The lowest BCUT2D eigenvalue weighted by Crippen LogP contribution is -2.26. The first-order valence-electron chi connectivity index (χ1n) is 9.11. The zero-order valence-corrected chi connectivity index (χ0v) is 16.7. The van der Waals surface area contributed by atoms with Gasteiger partial charge in [-0.05, 0) is 87.4 Å². The average molecular weight is 381 g/mol. The first-order valence-corrected chi connectivity index (χ1v) is 9.11. The molecule has 3 N–H and O–H groups in total. The Hall–Kier alpha value is -3.35. The highest BCUT2D eigenvalue weighted by Gasteiger charge is 1.98. The summed E-state index contributed by atoms with van der Waals surface area (Å²) in [7, 11) is 0. The van der Waals surface area contributed by atoms with Gasteiger partial charge in [-0.2, -0.15) is 10.2 Å². The lowest BCUT2D eigenvalue weighted by Gasteiger charge is -2.09. The molecule has 0 spiro atoms. The van der Waals surface area contributed by atoms with Crippen LogP contribution in [-0.2, 0) is 0 Å². The fourth-order valence-electron chi connectivity index (χ4n) is 2.16. The van der Waals surface area contributed by atoms with Gasteiger partial charge in [-0.3, -0.25) is 0 Å². The van der Waals surface area contributed by atoms with Crippen LogP contribution >= 0.6 is 0 Å². The van der Waals surface area contributed by atoms with Crippen LogP contribution in [0.15, 0.2) is 63.8 Å². The minimum Gasteiger partial charge on any atom is -0.491 e. The summed E-state index contributed by atoms with van der Waals surface area (Å²) >= 11 is 0. The molecule has 0 radical (unpaired) electrons. The van der Waals surface area contributed by atoms with Gasteiger partial charge in [0.2, 0.25) is 5.96 Å². The molecule has 0 aromatic heterocycles. The lowest BCUT2D eigenvalue weighted by atomic mass is 10.2. The minimum absolute atomic E-state index is 0.0898. The van der Waals surface area contributed by atoms with Gasteiger partial charge in [0.05, 0.1) is 24.6 Å². The molecule has 0 bridgehead atoms. The van der Waals surface area contributed by atoms with Crippen molar-refractivity contribution >= 4 is 18.4 Å². The van der Waals surface area contributed by atoms with E-state index >= 15 is 0 Å². The van der Waals surface area contributed by atoms with Crippen LogP contribution in [0.4, 0.5) is 0 Å². The predicted octanol–water partition coefficient (Wildman–Crippen LogP) is 3.53. The Kier molecular flexibility index (Phi) is 8.02. The highest BCUT2D eigenvalue weighted by atomic mass is 16.5. The number of benzene rings is 2. The maximum absolute atomic E-state index is 5.73. The van der Waals surface area contributed by atoms with Crippen LogP contribution in [0, 0.1) is 0 Å². The van der Waals surface area contributed by atoms with Crippen molar-refractivity contribution in [2.75, 3.05) is 0 Å². The second kappa shape index (κ2) is 10.7. The van der Waals surface area contributed by atoms with Gasteiger partial charge >= 0.3 is 0 Å². The van der Waals surface area contributed by atoms with Gasteiger partial charge < -0.3 is 15.2 Å². The lowest BCUT2D eigenvalue weighted by molar-refractivity contribution is 0.242. The fraction of sp³-hybridized carbons (Fsp3) is 0.286. The number of hydrogen-bond donors (Lipinski definition) is 2. The Balaban J connectivity index is 1.83. The van der Waals surface area contributed by atoms with Crippen LogP contribution in [0.2, 0.25) is 0 Å². The first-order chi connectivity index (χ1) is 13.4. The van der Waals surface area contributed by atoms with Crippen LogP contribution in [0.3, 0.4) is 0 Å². The molecule has 0 unspecified atom stereocenters. The molecule has 0 aliphatic heterocycles. The molecule has 0 atom stereocenters. The van der Waals surface area contributed by atoms with E-state index in [-0.39, 0.29) is 18.2 Å². The van der Waals surface area contributed by atoms with E-state index in [1.165, 1.54) is 0 Å². The van der Waals surface area contributed by atoms with Gasteiger partial charge in [-0.25, -0.2) is 5.43 Å². The van der Waals surface area contributed by atoms with Crippen LogP contribution in [-0.4, -0.2) is 30.6 Å². The molecule has 0 fully saturated rings. The molecule has 0 aliphatic rings. The third kappa shape index (κ3) is 7.90. The van der Waals surface area contributed by atoms with Crippen molar-refractivity contribution in [3.63, 3.8) is 0 Å². The van der Waals surface area contributed by atoms with Crippen molar-refractivity contribution < 1.29 is 9.47 Å². The number of nitrogens with two attached hydrogens (primary N) is 1. The Bertz CT molecular complexity index is 810. The molecule has 0 saturated heterocycles. The van der Waals surface area contributed by atoms with E-state index in [9.17, 15) is 0 Å². The summed E-state index contributed by atoms with van der Waals surface area (Å²) in [6.07, 6.45) is 3.52. The molecule has 2 aromatic rings. The molecule has 2 aromatic carbocycles. The predicted molar refractivity (Wildman–Crippen MR) is 114 cm³/mol. The highest BCUT2D eigenvalue weighted by Crippen LogP contribution is 2.13. The van der Waals surface area contributed by atoms with E-state index in [4.69, 9.17) is 15.2 Å². The molecule has 7 heteroatoms. The van der Waals surface area contributed by atoms with Crippen LogP contribution in [0.1, 0.15) is 38.8 Å².